The van der Waals surface area contributed by atoms with Crippen LogP contribution >= 0.6 is 0 Å². The minimum atomic E-state index is 0. The van der Waals surface area contributed by atoms with E-state index in [2.05, 4.69) is 0 Å². The molecule has 50 valence electrons. The lowest BCUT2D eigenvalue weighted by molar-refractivity contribution is 0.156. The van der Waals surface area contributed by atoms with Gasteiger partial charge in [0.05, 0.1) is 6.10 Å². The van der Waals surface area contributed by atoms with Crippen molar-refractivity contribution in [2.24, 2.45) is 5.92 Å². The minimum absolute atomic E-state index is 0. The van der Waals surface area contributed by atoms with E-state index in [0.717, 1.165) is 12.5 Å². The van der Waals surface area contributed by atoms with E-state index in [1.807, 2.05) is 0 Å². The van der Waals surface area contributed by atoms with E-state index < -0.39 is 0 Å². The number of hydrogen-bond acceptors (Lipinski definition) is 2. The van der Waals surface area contributed by atoms with Crippen molar-refractivity contribution in [1.82, 2.24) is 6.15 Å². The highest BCUT2D eigenvalue weighted by Crippen LogP contribution is 2.41. The lowest BCUT2D eigenvalue weighted by Gasteiger charge is -1.86. The molecule has 1 aliphatic carbocycles. The van der Waals surface area contributed by atoms with Crippen LogP contribution in [0.2, 0.25) is 0 Å². The van der Waals surface area contributed by atoms with Gasteiger partial charge in [0.15, 0.2) is 0 Å². The normalized spacial score (nSPS) is 39.0. The zero-order valence-electron chi connectivity index (χ0n) is 4.39. The van der Waals surface area contributed by atoms with Crippen molar-refractivity contribution in [3.05, 3.63) is 0 Å². The Morgan fingerprint density at radius 3 is 2.25 bits per heavy atom. The summed E-state index contributed by atoms with van der Waals surface area (Å²) in [5.41, 5.74) is 0. The Hall–Kier alpha value is -0.0800. The second kappa shape index (κ2) is 2.46. The van der Waals surface area contributed by atoms with Crippen LogP contribution in [0, 0.1) is 5.92 Å². The maximum Gasteiger partial charge on any atom is 0.0608 e. The smallest absolute Gasteiger partial charge is 0.0608 e. The molecule has 0 spiro atoms. The highest BCUT2D eigenvalue weighted by Gasteiger charge is 2.42. The molecule has 3 N–H and O–H groups in total. The van der Waals surface area contributed by atoms with Crippen LogP contribution in [0.4, 0.5) is 0 Å². The van der Waals surface area contributed by atoms with Crippen molar-refractivity contribution in [3.63, 3.8) is 0 Å². The van der Waals surface area contributed by atoms with E-state index >= 15 is 0 Å². The molecule has 1 aliphatic heterocycles. The van der Waals surface area contributed by atoms with Gasteiger partial charge in [0, 0.05) is 6.61 Å². The minimum Gasteiger partial charge on any atom is -0.378 e. The predicted molar refractivity (Wildman–Crippen MR) is 34.2 cm³/mol. The number of rotatable bonds is 0. The highest BCUT2D eigenvalue weighted by atomic mass is 16.5. The molecule has 1 saturated heterocycles. The maximum absolute atomic E-state index is 5.23. The van der Waals surface area contributed by atoms with Crippen molar-refractivity contribution in [3.8, 4) is 0 Å². The lowest BCUT2D eigenvalue weighted by Crippen LogP contribution is -1.84. The van der Waals surface area contributed by atoms with Crippen LogP contribution in [0.15, 0.2) is 0 Å². The zero-order chi connectivity index (χ0) is 3.98. The molecular formula is C6H15NO. The molecule has 2 aliphatic rings. The first-order valence-electron chi connectivity index (χ1n) is 2.58. The molecule has 1 heterocycles. The Morgan fingerprint density at radius 2 is 2.12 bits per heavy atom. The van der Waals surface area contributed by atoms with E-state index in [-0.39, 0.29) is 13.6 Å². The van der Waals surface area contributed by atoms with Gasteiger partial charge in [-0.05, 0) is 18.8 Å². The lowest BCUT2D eigenvalue weighted by atomic mass is 10.3. The molecule has 2 fully saturated rings. The molecule has 2 heteroatoms. The second-order valence-electron chi connectivity index (χ2n) is 2.19. The van der Waals surface area contributed by atoms with Crippen LogP contribution < -0.4 is 6.15 Å². The quantitative estimate of drug-likeness (QED) is 0.523. The average Bonchev–Trinajstić information content (AvgIpc) is 2.17. The SMILES string of the molecule is C.C1CC2CC2O1.N. The predicted octanol–water partition coefficient (Wildman–Crippen LogP) is 1.59. The first-order valence-corrected chi connectivity index (χ1v) is 2.58. The molecule has 0 radical (unpaired) electrons. The van der Waals surface area contributed by atoms with Gasteiger partial charge in [-0.25, -0.2) is 0 Å². The van der Waals surface area contributed by atoms with Crippen LogP contribution in [0.3, 0.4) is 0 Å². The number of ether oxygens (including phenoxy) is 1. The molecule has 0 bridgehead atoms. The first-order chi connectivity index (χ1) is 2.97. The summed E-state index contributed by atoms with van der Waals surface area (Å²) in [5, 5.41) is 0. The van der Waals surface area contributed by atoms with Gasteiger partial charge in [0.2, 0.25) is 0 Å². The maximum atomic E-state index is 5.23. The summed E-state index contributed by atoms with van der Waals surface area (Å²) in [7, 11) is 0. The van der Waals surface area contributed by atoms with Crippen molar-refractivity contribution in [1.29, 1.82) is 0 Å². The third-order valence-electron chi connectivity index (χ3n) is 1.68. The molecule has 2 nitrogen and oxygen atoms in total. The van der Waals surface area contributed by atoms with E-state index in [4.69, 9.17) is 4.74 Å². The standard InChI is InChI=1S/C5H8O.CH4.H3N/c1-2-6-5-3-4(1)5;;/h4-5H,1-3H2;1H4;1H3. The fourth-order valence-electron chi connectivity index (χ4n) is 1.10. The van der Waals surface area contributed by atoms with Gasteiger partial charge in [-0.3, -0.25) is 0 Å². The van der Waals surface area contributed by atoms with Crippen LogP contribution in [0.25, 0.3) is 0 Å². The molecule has 2 rings (SSSR count). The molecule has 0 amide bonds. The van der Waals surface area contributed by atoms with E-state index in [0.29, 0.717) is 6.10 Å². The van der Waals surface area contributed by atoms with Gasteiger partial charge < -0.3 is 10.9 Å². The molecular weight excluding hydrogens is 102 g/mol. The Kier molecular flexibility index (Phi) is 2.44. The summed E-state index contributed by atoms with van der Waals surface area (Å²) in [4.78, 5) is 0. The molecule has 0 aromatic heterocycles. The van der Waals surface area contributed by atoms with E-state index in [1.165, 1.54) is 12.8 Å². The van der Waals surface area contributed by atoms with Crippen LogP contribution in [0.1, 0.15) is 20.3 Å². The summed E-state index contributed by atoms with van der Waals surface area (Å²) in [5.74, 6) is 0.991. The highest BCUT2D eigenvalue weighted by molar-refractivity contribution is 4.91. The van der Waals surface area contributed by atoms with Crippen LogP contribution in [-0.2, 0) is 4.74 Å². The summed E-state index contributed by atoms with van der Waals surface area (Å²) in [6.45, 7) is 1.04. The second-order valence-corrected chi connectivity index (χ2v) is 2.19. The molecule has 1 saturated carbocycles. The summed E-state index contributed by atoms with van der Waals surface area (Å²) in [6, 6.07) is 0. The van der Waals surface area contributed by atoms with Gasteiger partial charge in [-0.2, -0.15) is 0 Å². The monoisotopic (exact) mass is 117 g/mol. The zero-order valence-corrected chi connectivity index (χ0v) is 4.39. The van der Waals surface area contributed by atoms with Gasteiger partial charge >= 0.3 is 0 Å². The fourth-order valence-corrected chi connectivity index (χ4v) is 1.10. The third-order valence-corrected chi connectivity index (χ3v) is 1.68. The van der Waals surface area contributed by atoms with Crippen LogP contribution in [0.5, 0.6) is 0 Å². The van der Waals surface area contributed by atoms with Crippen molar-refractivity contribution < 1.29 is 4.74 Å². The first kappa shape index (κ1) is 7.92. The Labute approximate surface area is 50.8 Å². The van der Waals surface area contributed by atoms with Crippen LogP contribution in [-0.4, -0.2) is 12.7 Å². The molecule has 0 aromatic carbocycles. The largest absolute Gasteiger partial charge is 0.378 e. The topological polar surface area (TPSA) is 44.2 Å². The number of hydrogen-bond donors (Lipinski definition) is 1. The van der Waals surface area contributed by atoms with E-state index in [1.54, 1.807) is 0 Å². The third kappa shape index (κ3) is 1.01. The average molecular weight is 117 g/mol. The van der Waals surface area contributed by atoms with Crippen molar-refractivity contribution in [2.75, 3.05) is 6.61 Å². The summed E-state index contributed by atoms with van der Waals surface area (Å²) in [6.07, 6.45) is 3.41. The van der Waals surface area contributed by atoms with Gasteiger partial charge in [-0.15, -0.1) is 0 Å². The van der Waals surface area contributed by atoms with Gasteiger partial charge in [-0.1, -0.05) is 7.43 Å². The molecule has 8 heavy (non-hydrogen) atoms. The van der Waals surface area contributed by atoms with Gasteiger partial charge in [0.25, 0.3) is 0 Å². The Bertz CT molecular complexity index is 66.9. The van der Waals surface area contributed by atoms with Crippen molar-refractivity contribution in [2.45, 2.75) is 26.4 Å². The van der Waals surface area contributed by atoms with Crippen molar-refractivity contribution >= 4 is 0 Å². The molecule has 2 unspecified atom stereocenters. The summed E-state index contributed by atoms with van der Waals surface area (Å²) < 4.78 is 5.23. The van der Waals surface area contributed by atoms with E-state index in [9.17, 15) is 0 Å². The summed E-state index contributed by atoms with van der Waals surface area (Å²) >= 11 is 0. The Morgan fingerprint density at radius 1 is 1.38 bits per heavy atom. The molecule has 0 aromatic rings. The van der Waals surface area contributed by atoms with Gasteiger partial charge in [0.1, 0.15) is 0 Å². The Balaban J connectivity index is 0.000000245. The number of fused-ring (bicyclic) bond motifs is 1. The molecule has 2 atom stereocenters. The fraction of sp³-hybridized carbons (Fsp3) is 1.00.